The Kier molecular flexibility index (Phi) is 1.46. The van der Waals surface area contributed by atoms with Crippen molar-refractivity contribution in [1.82, 2.24) is 0 Å². The van der Waals surface area contributed by atoms with Gasteiger partial charge in [0, 0.05) is 0 Å². The van der Waals surface area contributed by atoms with E-state index in [9.17, 15) is 9.90 Å². The first-order valence-corrected chi connectivity index (χ1v) is 6.18. The van der Waals surface area contributed by atoms with E-state index < -0.39 is 11.4 Å². The number of carbonyl (C=O) groups is 1. The van der Waals surface area contributed by atoms with Crippen LogP contribution in [0.5, 0.6) is 0 Å². The summed E-state index contributed by atoms with van der Waals surface area (Å²) in [7, 11) is 0. The second-order valence-corrected chi connectivity index (χ2v) is 6.13. The molecule has 16 heavy (non-hydrogen) atoms. The molecule has 2 heterocycles. The molecule has 0 spiro atoms. The molecule has 0 aromatic heterocycles. The zero-order valence-electron chi connectivity index (χ0n) is 9.30. The third-order valence-corrected chi connectivity index (χ3v) is 5.57. The third kappa shape index (κ3) is 0.807. The first-order chi connectivity index (χ1) is 7.61. The number of hydrogen-bond donors (Lipinski definition) is 1. The Morgan fingerprint density at radius 2 is 2.06 bits per heavy atom. The van der Waals surface area contributed by atoms with Crippen molar-refractivity contribution < 1.29 is 14.6 Å². The lowest BCUT2D eigenvalue weighted by molar-refractivity contribution is -0.153. The maximum Gasteiger partial charge on any atom is 0.309 e. The van der Waals surface area contributed by atoms with Gasteiger partial charge in [-0.2, -0.15) is 0 Å². The smallest absolute Gasteiger partial charge is 0.309 e. The molecule has 86 valence electrons. The van der Waals surface area contributed by atoms with Crippen LogP contribution < -0.4 is 0 Å². The maximum absolute atomic E-state index is 11.4. The van der Waals surface area contributed by atoms with Crippen LogP contribution in [0.3, 0.4) is 0 Å². The zero-order valence-corrected chi connectivity index (χ0v) is 9.30. The number of fused-ring (bicyclic) bond motifs is 9. The number of hydrogen-bond acceptors (Lipinski definition) is 2. The van der Waals surface area contributed by atoms with Crippen LogP contribution in [-0.4, -0.2) is 23.3 Å². The molecular weight excluding hydrogens is 204 g/mol. The molecule has 7 atom stereocenters. The van der Waals surface area contributed by atoms with Crippen LogP contribution in [0.2, 0.25) is 0 Å². The quantitative estimate of drug-likeness (QED) is 0.684. The van der Waals surface area contributed by atoms with Crippen molar-refractivity contribution >= 4 is 5.97 Å². The summed E-state index contributed by atoms with van der Waals surface area (Å²) in [4.78, 5) is 11.4. The largest absolute Gasteiger partial charge is 0.481 e. The van der Waals surface area contributed by atoms with E-state index in [0.29, 0.717) is 29.8 Å². The minimum Gasteiger partial charge on any atom is -0.481 e. The van der Waals surface area contributed by atoms with E-state index in [1.807, 2.05) is 6.92 Å². The Hall–Kier alpha value is -0.830. The standard InChI is InChI=1S/C13H16O3/c1-13(12(14)15)5-6-4-7(13)11-9-3-2-8(16-9)10(6)11/h2-3,6-11H,4-5H2,1H3,(H,14,15). The molecule has 1 N–H and O–H groups in total. The van der Waals surface area contributed by atoms with Gasteiger partial charge in [-0.3, -0.25) is 4.79 Å². The molecule has 2 aliphatic heterocycles. The van der Waals surface area contributed by atoms with Crippen LogP contribution in [0.25, 0.3) is 0 Å². The van der Waals surface area contributed by atoms with E-state index in [1.165, 1.54) is 0 Å². The molecule has 4 bridgehead atoms. The Morgan fingerprint density at radius 3 is 2.75 bits per heavy atom. The van der Waals surface area contributed by atoms with Gasteiger partial charge in [-0.05, 0) is 43.4 Å². The summed E-state index contributed by atoms with van der Waals surface area (Å²) < 4.78 is 5.89. The van der Waals surface area contributed by atoms with Crippen LogP contribution in [0.1, 0.15) is 19.8 Å². The minimum absolute atomic E-state index is 0.212. The van der Waals surface area contributed by atoms with E-state index >= 15 is 0 Å². The predicted octanol–water partition coefficient (Wildman–Crippen LogP) is 1.69. The highest BCUT2D eigenvalue weighted by Crippen LogP contribution is 2.67. The molecule has 2 aliphatic carbocycles. The molecule has 1 saturated heterocycles. The molecule has 3 fully saturated rings. The van der Waals surface area contributed by atoms with Crippen molar-refractivity contribution in [3.63, 3.8) is 0 Å². The molecule has 0 amide bonds. The molecule has 3 heteroatoms. The van der Waals surface area contributed by atoms with Gasteiger partial charge in [0.15, 0.2) is 0 Å². The predicted molar refractivity (Wildman–Crippen MR) is 56.7 cm³/mol. The van der Waals surface area contributed by atoms with E-state index in [2.05, 4.69) is 12.2 Å². The van der Waals surface area contributed by atoms with E-state index in [4.69, 9.17) is 4.74 Å². The fourth-order valence-corrected chi connectivity index (χ4v) is 4.93. The van der Waals surface area contributed by atoms with Gasteiger partial charge >= 0.3 is 5.97 Å². The molecule has 0 aromatic rings. The number of carboxylic acids is 1. The minimum atomic E-state index is -0.606. The fraction of sp³-hybridized carbons (Fsp3) is 0.769. The topological polar surface area (TPSA) is 46.5 Å². The van der Waals surface area contributed by atoms with Crippen molar-refractivity contribution in [3.8, 4) is 0 Å². The van der Waals surface area contributed by atoms with Crippen molar-refractivity contribution in [2.45, 2.75) is 32.0 Å². The fourth-order valence-electron chi connectivity index (χ4n) is 4.93. The third-order valence-electron chi connectivity index (χ3n) is 5.57. The first-order valence-electron chi connectivity index (χ1n) is 6.18. The van der Waals surface area contributed by atoms with Gasteiger partial charge in [0.1, 0.15) is 0 Å². The second kappa shape index (κ2) is 2.53. The van der Waals surface area contributed by atoms with Crippen molar-refractivity contribution in [1.29, 1.82) is 0 Å². The van der Waals surface area contributed by atoms with Gasteiger partial charge in [-0.25, -0.2) is 0 Å². The summed E-state index contributed by atoms with van der Waals surface area (Å²) in [6, 6.07) is 0. The van der Waals surface area contributed by atoms with Crippen LogP contribution in [0.4, 0.5) is 0 Å². The highest BCUT2D eigenvalue weighted by Gasteiger charge is 2.67. The summed E-state index contributed by atoms with van der Waals surface area (Å²) in [5.74, 6) is 1.41. The number of ether oxygens (including phenoxy) is 1. The average Bonchev–Trinajstić information content (AvgIpc) is 2.92. The Bertz CT molecular complexity index is 402. The van der Waals surface area contributed by atoms with Crippen molar-refractivity contribution in [2.24, 2.45) is 29.1 Å². The number of rotatable bonds is 1. The van der Waals surface area contributed by atoms with Gasteiger partial charge in [0.05, 0.1) is 17.6 Å². The van der Waals surface area contributed by atoms with Crippen LogP contribution in [-0.2, 0) is 9.53 Å². The van der Waals surface area contributed by atoms with Crippen molar-refractivity contribution in [3.05, 3.63) is 12.2 Å². The monoisotopic (exact) mass is 220 g/mol. The zero-order chi connectivity index (χ0) is 11.1. The van der Waals surface area contributed by atoms with Gasteiger partial charge in [-0.15, -0.1) is 0 Å². The lowest BCUT2D eigenvalue weighted by Gasteiger charge is -2.39. The second-order valence-electron chi connectivity index (χ2n) is 6.13. The lowest BCUT2D eigenvalue weighted by Crippen LogP contribution is -2.43. The first kappa shape index (κ1) is 9.23. The summed E-state index contributed by atoms with van der Waals surface area (Å²) in [6.07, 6.45) is 6.80. The molecular formula is C13H16O3. The summed E-state index contributed by atoms with van der Waals surface area (Å²) in [6.45, 7) is 1.94. The molecule has 2 saturated carbocycles. The molecule has 0 radical (unpaired) electrons. The maximum atomic E-state index is 11.4. The van der Waals surface area contributed by atoms with Gasteiger partial charge < -0.3 is 9.84 Å². The summed E-state index contributed by atoms with van der Waals surface area (Å²) in [5, 5.41) is 9.43. The Balaban J connectivity index is 1.76. The Labute approximate surface area is 94.5 Å². The van der Waals surface area contributed by atoms with E-state index in [-0.39, 0.29) is 6.10 Å². The molecule has 3 nitrogen and oxygen atoms in total. The molecule has 4 aliphatic rings. The highest BCUT2D eigenvalue weighted by molar-refractivity contribution is 5.75. The number of aliphatic carboxylic acids is 1. The van der Waals surface area contributed by atoms with Crippen LogP contribution in [0, 0.1) is 29.1 Å². The normalized spacial score (nSPS) is 60.6. The highest BCUT2D eigenvalue weighted by atomic mass is 16.5. The Morgan fingerprint density at radius 1 is 1.38 bits per heavy atom. The molecule has 0 aromatic carbocycles. The van der Waals surface area contributed by atoms with Gasteiger partial charge in [-0.1, -0.05) is 12.2 Å². The van der Waals surface area contributed by atoms with Crippen LogP contribution >= 0.6 is 0 Å². The number of carboxylic acid groups (broad SMARTS) is 1. The van der Waals surface area contributed by atoms with E-state index in [0.717, 1.165) is 12.8 Å². The van der Waals surface area contributed by atoms with Gasteiger partial charge in [0.2, 0.25) is 0 Å². The SMILES string of the molecule is CC1(C(=O)O)CC2CC1C1C3C=CC(O3)C21. The molecule has 4 rings (SSSR count). The lowest BCUT2D eigenvalue weighted by atomic mass is 9.63. The summed E-state index contributed by atoms with van der Waals surface area (Å²) in [5.41, 5.74) is -0.493. The molecule has 7 unspecified atom stereocenters. The van der Waals surface area contributed by atoms with Crippen LogP contribution in [0.15, 0.2) is 12.2 Å². The van der Waals surface area contributed by atoms with Crippen molar-refractivity contribution in [2.75, 3.05) is 0 Å². The average molecular weight is 220 g/mol. The summed E-state index contributed by atoms with van der Waals surface area (Å²) >= 11 is 0. The van der Waals surface area contributed by atoms with E-state index in [1.54, 1.807) is 0 Å². The van der Waals surface area contributed by atoms with Gasteiger partial charge in [0.25, 0.3) is 0 Å².